The lowest BCUT2D eigenvalue weighted by Crippen LogP contribution is -2.44. The van der Waals surface area contributed by atoms with Crippen LogP contribution in [0.25, 0.3) is 82.8 Å². The van der Waals surface area contributed by atoms with Crippen molar-refractivity contribution in [3.8, 4) is 39.1 Å². The van der Waals surface area contributed by atoms with Crippen molar-refractivity contribution in [3.63, 3.8) is 0 Å². The lowest BCUT2D eigenvalue weighted by atomic mass is 10.0. The molecule has 11 aromatic rings. The van der Waals surface area contributed by atoms with Gasteiger partial charge in [-0.25, -0.2) is 4.99 Å². The number of rotatable bonds is 7. The molecule has 0 aliphatic carbocycles. The van der Waals surface area contributed by atoms with Gasteiger partial charge in [0.2, 0.25) is 0 Å². The topological polar surface area (TPSA) is 54.5 Å². The molecule has 0 fully saturated rings. The van der Waals surface area contributed by atoms with Gasteiger partial charge in [0.1, 0.15) is 23.8 Å². The van der Waals surface area contributed by atoms with Crippen molar-refractivity contribution in [2.24, 2.45) is 4.99 Å². The van der Waals surface area contributed by atoms with Crippen molar-refractivity contribution in [3.05, 3.63) is 235 Å². The molecule has 0 bridgehead atoms. The summed E-state index contributed by atoms with van der Waals surface area (Å²) in [5, 5.41) is 12.1. The number of nitrogens with zero attached hydrogens (tertiary/aromatic N) is 2. The van der Waals surface area contributed by atoms with Gasteiger partial charge in [-0.3, -0.25) is 5.32 Å². The maximum absolute atomic E-state index is 7.00. The fraction of sp³-hybridized carbons (Fsp3) is 0.0351. The highest BCUT2D eigenvalue weighted by molar-refractivity contribution is 6.14. The minimum Gasteiger partial charge on any atom is -0.454 e. The summed E-state index contributed by atoms with van der Waals surface area (Å²) in [5.41, 5.74) is 15.2. The molecule has 0 radical (unpaired) electrons. The highest BCUT2D eigenvalue weighted by Crippen LogP contribution is 2.41. The Morgan fingerprint density at radius 3 is 1.56 bits per heavy atom. The van der Waals surface area contributed by atoms with Gasteiger partial charge in [0.05, 0.1) is 16.7 Å². The highest BCUT2D eigenvalue weighted by Gasteiger charge is 2.27. The van der Waals surface area contributed by atoms with Crippen LogP contribution in [-0.4, -0.2) is 10.4 Å². The minimum absolute atomic E-state index is 0.236. The van der Waals surface area contributed by atoms with Crippen molar-refractivity contribution in [1.29, 1.82) is 0 Å². The van der Waals surface area contributed by atoms with E-state index in [1.165, 1.54) is 38.6 Å². The number of para-hydroxylation sites is 1. The molecule has 5 nitrogen and oxygen atoms in total. The molecule has 62 heavy (non-hydrogen) atoms. The van der Waals surface area contributed by atoms with Crippen LogP contribution in [-0.2, 0) is 0 Å². The van der Waals surface area contributed by atoms with Gasteiger partial charge in [0.15, 0.2) is 5.58 Å². The molecular formula is C57H40N4O. The predicted octanol–water partition coefficient (Wildman–Crippen LogP) is 14.0. The van der Waals surface area contributed by atoms with Crippen LogP contribution in [0.5, 0.6) is 0 Å². The number of hydrogen-bond acceptors (Lipinski definition) is 4. The van der Waals surface area contributed by atoms with E-state index in [0.29, 0.717) is 0 Å². The first-order valence-corrected chi connectivity index (χ1v) is 21.2. The van der Waals surface area contributed by atoms with Crippen LogP contribution in [0.4, 0.5) is 0 Å². The molecule has 1 aliphatic heterocycles. The number of aliphatic imine (C=N–C) groups is 1. The van der Waals surface area contributed by atoms with E-state index < -0.39 is 0 Å². The molecule has 5 heteroatoms. The molecule has 2 aromatic heterocycles. The second-order valence-electron chi connectivity index (χ2n) is 16.0. The van der Waals surface area contributed by atoms with E-state index in [1.54, 1.807) is 0 Å². The van der Waals surface area contributed by atoms with Crippen LogP contribution in [0, 0.1) is 0 Å². The average Bonchev–Trinajstić information content (AvgIpc) is 3.90. The summed E-state index contributed by atoms with van der Waals surface area (Å²) >= 11 is 0. The van der Waals surface area contributed by atoms with Crippen molar-refractivity contribution < 1.29 is 4.42 Å². The number of hydrogen-bond donors (Lipinski definition) is 2. The Morgan fingerprint density at radius 2 is 0.952 bits per heavy atom. The summed E-state index contributed by atoms with van der Waals surface area (Å²) < 4.78 is 9.38. The predicted molar refractivity (Wildman–Crippen MR) is 256 cm³/mol. The number of nitrogens with one attached hydrogen (secondary N) is 2. The Morgan fingerprint density at radius 1 is 0.403 bits per heavy atom. The third kappa shape index (κ3) is 6.26. The average molecular weight is 797 g/mol. The number of amidine groups is 1. The molecule has 294 valence electrons. The zero-order valence-electron chi connectivity index (χ0n) is 33.7. The van der Waals surface area contributed by atoms with Crippen molar-refractivity contribution >= 4 is 49.6 Å². The van der Waals surface area contributed by atoms with Gasteiger partial charge in [0.25, 0.3) is 0 Å². The molecule has 2 N–H and O–H groups in total. The lowest BCUT2D eigenvalue weighted by Gasteiger charge is -2.32. The first-order valence-electron chi connectivity index (χ1n) is 21.2. The summed E-state index contributed by atoms with van der Waals surface area (Å²) in [5.74, 6) is 0.841. The van der Waals surface area contributed by atoms with E-state index in [2.05, 4.69) is 228 Å². The van der Waals surface area contributed by atoms with Crippen molar-refractivity contribution in [2.45, 2.75) is 12.3 Å². The molecule has 1 aliphatic rings. The Kier molecular flexibility index (Phi) is 8.65. The summed E-state index contributed by atoms with van der Waals surface area (Å²) in [6, 6.07) is 77.6. The standard InChI is InChI=1S/C57H40N4O/c1-5-15-37(16-6-1)41-23-13-24-44(33-41)56-58-55(40-21-11-4-12-22-40)59-57(60-56)45-27-30-46-47-25-14-26-52(54(47)62-53(46)36-45)61-50-31-28-42(38-17-7-2-8-18-38)34-48(50)49-35-43(29-32-51(49)61)39-19-9-3-10-20-39/h1-36,56-57,60H,(H,58,59). The minimum atomic E-state index is -0.279. The molecule has 0 saturated carbocycles. The van der Waals surface area contributed by atoms with Gasteiger partial charge in [-0.2, -0.15) is 0 Å². The van der Waals surface area contributed by atoms with Gasteiger partial charge in [0, 0.05) is 27.1 Å². The third-order valence-electron chi connectivity index (χ3n) is 12.3. The summed E-state index contributed by atoms with van der Waals surface area (Å²) in [4.78, 5) is 5.23. The second-order valence-corrected chi connectivity index (χ2v) is 16.0. The first kappa shape index (κ1) is 35.9. The summed E-state index contributed by atoms with van der Waals surface area (Å²) in [6.07, 6.45) is -0.515. The van der Waals surface area contributed by atoms with Gasteiger partial charge >= 0.3 is 0 Å². The van der Waals surface area contributed by atoms with Crippen LogP contribution < -0.4 is 10.6 Å². The van der Waals surface area contributed by atoms with Crippen molar-refractivity contribution in [1.82, 2.24) is 15.2 Å². The number of furan rings is 1. The maximum Gasteiger partial charge on any atom is 0.159 e. The molecule has 0 saturated heterocycles. The van der Waals surface area contributed by atoms with E-state index in [-0.39, 0.29) is 12.3 Å². The Labute approximate surface area is 359 Å². The van der Waals surface area contributed by atoms with Crippen LogP contribution in [0.2, 0.25) is 0 Å². The van der Waals surface area contributed by atoms with E-state index in [4.69, 9.17) is 9.41 Å². The Bertz CT molecular complexity index is 3370. The third-order valence-corrected chi connectivity index (χ3v) is 12.3. The van der Waals surface area contributed by atoms with E-state index in [0.717, 1.165) is 66.7 Å². The Hall–Kier alpha value is -7.99. The molecular weight excluding hydrogens is 757 g/mol. The maximum atomic E-state index is 7.00. The molecule has 9 aromatic carbocycles. The zero-order valence-corrected chi connectivity index (χ0v) is 33.7. The first-order chi connectivity index (χ1) is 30.7. The normalized spacial score (nSPS) is 15.3. The SMILES string of the molecule is c1ccc(C2=NC(c3cccc(-c4ccccc4)c3)NC(c3ccc4c(c3)oc3c(-n5c6ccc(-c7ccccc7)cc6c6cc(-c7ccccc7)ccc65)cccc34)N2)cc1. The molecule has 2 atom stereocenters. The molecule has 0 spiro atoms. The van der Waals surface area contributed by atoms with E-state index in [1.807, 2.05) is 6.07 Å². The molecule has 0 amide bonds. The number of aromatic nitrogens is 1. The number of benzene rings is 9. The molecule has 12 rings (SSSR count). The quantitative estimate of drug-likeness (QED) is 0.169. The summed E-state index contributed by atoms with van der Waals surface area (Å²) in [6.45, 7) is 0. The second kappa shape index (κ2) is 14.9. The van der Waals surface area contributed by atoms with Gasteiger partial charge in [-0.1, -0.05) is 176 Å². The van der Waals surface area contributed by atoms with Crippen LogP contribution in [0.3, 0.4) is 0 Å². The van der Waals surface area contributed by atoms with Crippen LogP contribution >= 0.6 is 0 Å². The van der Waals surface area contributed by atoms with E-state index >= 15 is 0 Å². The summed E-state index contributed by atoms with van der Waals surface area (Å²) in [7, 11) is 0. The van der Waals surface area contributed by atoms with E-state index in [9.17, 15) is 0 Å². The fourth-order valence-corrected chi connectivity index (χ4v) is 9.22. The lowest BCUT2D eigenvalue weighted by molar-refractivity contribution is 0.409. The van der Waals surface area contributed by atoms with Gasteiger partial charge < -0.3 is 14.3 Å². The number of fused-ring (bicyclic) bond motifs is 6. The molecule has 2 unspecified atom stereocenters. The monoisotopic (exact) mass is 796 g/mol. The van der Waals surface area contributed by atoms with Crippen LogP contribution in [0.1, 0.15) is 29.0 Å². The van der Waals surface area contributed by atoms with Gasteiger partial charge in [-0.15, -0.1) is 0 Å². The smallest absolute Gasteiger partial charge is 0.159 e. The zero-order chi connectivity index (χ0) is 41.0. The molecule has 3 heterocycles. The van der Waals surface area contributed by atoms with Gasteiger partial charge in [-0.05, 0) is 87.0 Å². The van der Waals surface area contributed by atoms with Crippen LogP contribution in [0.15, 0.2) is 228 Å². The van der Waals surface area contributed by atoms with Crippen molar-refractivity contribution in [2.75, 3.05) is 0 Å². The highest BCUT2D eigenvalue weighted by atomic mass is 16.3. The Balaban J connectivity index is 0.976. The largest absolute Gasteiger partial charge is 0.454 e. The fourth-order valence-electron chi connectivity index (χ4n) is 9.22.